The molecule has 1 heterocycles. The molecule has 0 spiro atoms. The van der Waals surface area contributed by atoms with Crippen molar-refractivity contribution in [1.82, 2.24) is 10.2 Å². The molecule has 1 aliphatic carbocycles. The Morgan fingerprint density at radius 3 is 2.22 bits per heavy atom. The fourth-order valence-corrected chi connectivity index (χ4v) is 4.94. The lowest BCUT2D eigenvalue weighted by Gasteiger charge is -2.27. The fraction of sp³-hybridized carbons (Fsp3) is 0.276. The third kappa shape index (κ3) is 5.10. The van der Waals surface area contributed by atoms with Gasteiger partial charge in [-0.1, -0.05) is 55.5 Å². The molecular formula is C29H28N2O5. The van der Waals surface area contributed by atoms with E-state index in [1.54, 1.807) is 29.2 Å². The first-order valence-electron chi connectivity index (χ1n) is 12.1. The molecule has 0 bridgehead atoms. The van der Waals surface area contributed by atoms with Crippen molar-refractivity contribution in [2.45, 2.75) is 32.0 Å². The van der Waals surface area contributed by atoms with Crippen molar-refractivity contribution >= 4 is 17.8 Å². The number of nitrogens with one attached hydrogen (secondary N) is 1. The van der Waals surface area contributed by atoms with Crippen LogP contribution in [0.3, 0.4) is 0 Å². The molecule has 2 amide bonds. The maximum atomic E-state index is 13.1. The van der Waals surface area contributed by atoms with Crippen molar-refractivity contribution in [2.75, 3.05) is 6.54 Å². The van der Waals surface area contributed by atoms with E-state index in [-0.39, 0.29) is 31.0 Å². The van der Waals surface area contributed by atoms with Crippen molar-refractivity contribution in [2.24, 2.45) is 11.8 Å². The summed E-state index contributed by atoms with van der Waals surface area (Å²) in [4.78, 5) is 40.2. The predicted octanol–water partition coefficient (Wildman–Crippen LogP) is 4.19. The number of carbonyl (C=O) groups is 3. The molecule has 1 N–H and O–H groups in total. The summed E-state index contributed by atoms with van der Waals surface area (Å²) in [5, 5.41) is 2.69. The zero-order valence-electron chi connectivity index (χ0n) is 20.0. The van der Waals surface area contributed by atoms with Crippen LogP contribution in [0.15, 0.2) is 84.9 Å². The zero-order chi connectivity index (χ0) is 25.1. The SMILES string of the molecule is CC1C2CC(C(=O)OCc3ccccc3)N(C(=O)CNC(=O)c3ccc(Oc4ccccc4)cc3)C12. The number of benzene rings is 3. The highest BCUT2D eigenvalue weighted by Crippen LogP contribution is 2.53. The predicted molar refractivity (Wildman–Crippen MR) is 133 cm³/mol. The lowest BCUT2D eigenvalue weighted by Crippen LogP contribution is -2.48. The Morgan fingerprint density at radius 2 is 1.53 bits per heavy atom. The summed E-state index contributed by atoms with van der Waals surface area (Å²) in [5.41, 5.74) is 1.31. The number of esters is 1. The van der Waals surface area contributed by atoms with Crippen LogP contribution in [-0.2, 0) is 20.9 Å². The van der Waals surface area contributed by atoms with Gasteiger partial charge in [0.05, 0.1) is 6.54 Å². The Labute approximate surface area is 210 Å². The quantitative estimate of drug-likeness (QED) is 0.485. The van der Waals surface area contributed by atoms with E-state index in [1.165, 1.54) is 0 Å². The van der Waals surface area contributed by atoms with E-state index >= 15 is 0 Å². The van der Waals surface area contributed by atoms with Gasteiger partial charge in [-0.05, 0) is 60.2 Å². The number of nitrogens with zero attached hydrogens (tertiary/aromatic N) is 1. The van der Waals surface area contributed by atoms with Crippen molar-refractivity contribution < 1.29 is 23.9 Å². The Bertz CT molecular complexity index is 1230. The van der Waals surface area contributed by atoms with Gasteiger partial charge in [0.15, 0.2) is 0 Å². The van der Waals surface area contributed by atoms with E-state index in [1.807, 2.05) is 60.7 Å². The molecule has 3 aromatic rings. The van der Waals surface area contributed by atoms with Gasteiger partial charge in [0, 0.05) is 11.6 Å². The minimum atomic E-state index is -0.612. The molecule has 0 radical (unpaired) electrons. The molecule has 7 nitrogen and oxygen atoms in total. The van der Waals surface area contributed by atoms with E-state index in [0.717, 1.165) is 5.56 Å². The molecule has 4 unspecified atom stereocenters. The normalized spacial score (nSPS) is 21.9. The molecule has 36 heavy (non-hydrogen) atoms. The molecule has 1 saturated heterocycles. The summed E-state index contributed by atoms with van der Waals surface area (Å²) in [6.07, 6.45) is 0.599. The number of hydrogen-bond acceptors (Lipinski definition) is 5. The molecule has 5 rings (SSSR count). The summed E-state index contributed by atoms with van der Waals surface area (Å²) in [6.45, 7) is 2.07. The first-order valence-corrected chi connectivity index (χ1v) is 12.1. The molecule has 4 atom stereocenters. The van der Waals surface area contributed by atoms with Gasteiger partial charge < -0.3 is 19.7 Å². The average Bonchev–Trinajstić information content (AvgIpc) is 3.34. The minimum Gasteiger partial charge on any atom is -0.459 e. The number of para-hydroxylation sites is 1. The second-order valence-corrected chi connectivity index (χ2v) is 9.28. The van der Waals surface area contributed by atoms with Crippen LogP contribution in [-0.4, -0.2) is 41.3 Å². The number of carbonyl (C=O) groups excluding carboxylic acids is 3. The average molecular weight is 485 g/mol. The van der Waals surface area contributed by atoms with Gasteiger partial charge in [-0.3, -0.25) is 9.59 Å². The molecule has 2 aliphatic rings. The molecular weight excluding hydrogens is 456 g/mol. The van der Waals surface area contributed by atoms with Gasteiger partial charge in [-0.2, -0.15) is 0 Å². The zero-order valence-corrected chi connectivity index (χ0v) is 20.0. The highest BCUT2D eigenvalue weighted by Gasteiger charge is 2.61. The van der Waals surface area contributed by atoms with Crippen molar-refractivity contribution in [1.29, 1.82) is 0 Å². The van der Waals surface area contributed by atoms with Gasteiger partial charge in [0.1, 0.15) is 24.1 Å². The van der Waals surface area contributed by atoms with Gasteiger partial charge >= 0.3 is 5.97 Å². The number of piperidine rings is 1. The van der Waals surface area contributed by atoms with Crippen molar-refractivity contribution in [3.05, 3.63) is 96.1 Å². The summed E-state index contributed by atoms with van der Waals surface area (Å²) < 4.78 is 11.3. The Balaban J connectivity index is 1.16. The summed E-state index contributed by atoms with van der Waals surface area (Å²) in [7, 11) is 0. The molecule has 184 valence electrons. The Hall–Kier alpha value is -4.13. The highest BCUT2D eigenvalue weighted by atomic mass is 16.5. The molecule has 2 fully saturated rings. The molecule has 1 aliphatic heterocycles. The number of likely N-dealkylation sites (tertiary alicyclic amines) is 1. The van der Waals surface area contributed by atoms with Crippen LogP contribution in [0.4, 0.5) is 0 Å². The van der Waals surface area contributed by atoms with E-state index in [9.17, 15) is 14.4 Å². The lowest BCUT2D eigenvalue weighted by atomic mass is 10.1. The molecule has 7 heteroatoms. The topological polar surface area (TPSA) is 84.9 Å². The summed E-state index contributed by atoms with van der Waals surface area (Å²) in [5.74, 6) is 0.929. The molecule has 1 saturated carbocycles. The number of amides is 2. The number of fused-ring (bicyclic) bond motifs is 1. The number of rotatable bonds is 8. The standard InChI is InChI=1S/C29H28N2O5/c1-19-24-16-25(29(34)35-18-20-8-4-2-5-9-20)31(27(19)24)26(32)17-30-28(33)21-12-14-23(15-13-21)36-22-10-6-3-7-11-22/h2-15,19,24-25,27H,16-18H2,1H3,(H,30,33). The smallest absolute Gasteiger partial charge is 0.329 e. The van der Waals surface area contributed by atoms with Gasteiger partial charge in [0.25, 0.3) is 5.91 Å². The monoisotopic (exact) mass is 484 g/mol. The Kier molecular flexibility index (Phi) is 6.71. The summed E-state index contributed by atoms with van der Waals surface area (Å²) in [6, 6.07) is 24.9. The van der Waals surface area contributed by atoms with Crippen LogP contribution in [0, 0.1) is 11.8 Å². The van der Waals surface area contributed by atoms with Crippen LogP contribution in [0.25, 0.3) is 0 Å². The van der Waals surface area contributed by atoms with Crippen LogP contribution in [0.1, 0.15) is 29.3 Å². The van der Waals surface area contributed by atoms with Crippen LogP contribution < -0.4 is 10.1 Å². The molecule has 0 aromatic heterocycles. The van der Waals surface area contributed by atoms with Crippen LogP contribution in [0.5, 0.6) is 11.5 Å². The number of hydrogen-bond donors (Lipinski definition) is 1. The second-order valence-electron chi connectivity index (χ2n) is 9.28. The lowest BCUT2D eigenvalue weighted by molar-refractivity contribution is -0.155. The first kappa shape index (κ1) is 23.6. The maximum Gasteiger partial charge on any atom is 0.329 e. The second kappa shape index (κ2) is 10.2. The van der Waals surface area contributed by atoms with E-state index in [2.05, 4.69) is 12.2 Å². The van der Waals surface area contributed by atoms with Crippen molar-refractivity contribution in [3.8, 4) is 11.5 Å². The highest BCUT2D eigenvalue weighted by molar-refractivity contribution is 5.97. The van der Waals surface area contributed by atoms with Gasteiger partial charge in [-0.15, -0.1) is 0 Å². The van der Waals surface area contributed by atoms with E-state index in [4.69, 9.17) is 9.47 Å². The van der Waals surface area contributed by atoms with Gasteiger partial charge in [-0.25, -0.2) is 4.79 Å². The maximum absolute atomic E-state index is 13.1. The first-order chi connectivity index (χ1) is 17.5. The third-order valence-electron chi connectivity index (χ3n) is 6.94. The van der Waals surface area contributed by atoms with Gasteiger partial charge in [0.2, 0.25) is 5.91 Å². The van der Waals surface area contributed by atoms with E-state index in [0.29, 0.717) is 35.3 Å². The largest absolute Gasteiger partial charge is 0.459 e. The van der Waals surface area contributed by atoms with Crippen molar-refractivity contribution in [3.63, 3.8) is 0 Å². The fourth-order valence-electron chi connectivity index (χ4n) is 4.94. The van der Waals surface area contributed by atoms with Crippen LogP contribution >= 0.6 is 0 Å². The summed E-state index contributed by atoms with van der Waals surface area (Å²) >= 11 is 0. The molecule has 3 aromatic carbocycles. The Morgan fingerprint density at radius 1 is 0.889 bits per heavy atom. The number of ether oxygens (including phenoxy) is 2. The third-order valence-corrected chi connectivity index (χ3v) is 6.94. The van der Waals surface area contributed by atoms with Crippen LogP contribution in [0.2, 0.25) is 0 Å². The minimum absolute atomic E-state index is 0.0260. The van der Waals surface area contributed by atoms with E-state index < -0.39 is 12.0 Å².